The molecule has 34 heavy (non-hydrogen) atoms. The predicted molar refractivity (Wildman–Crippen MR) is 131 cm³/mol. The third-order valence-electron chi connectivity index (χ3n) is 4.96. The molecule has 0 fully saturated rings. The summed E-state index contributed by atoms with van der Waals surface area (Å²) < 4.78 is 45.1. The summed E-state index contributed by atoms with van der Waals surface area (Å²) in [6.07, 6.45) is -3.96. The second kappa shape index (κ2) is 11.0. The molecule has 11 heteroatoms. The molecule has 0 spiro atoms. The fraction of sp³-hybridized carbons (Fsp3) is 0.348. The number of rotatable bonds is 8. The van der Waals surface area contributed by atoms with Crippen LogP contribution in [0.25, 0.3) is 11.1 Å². The number of aryl methyl sites for hydroxylation is 3. The Morgan fingerprint density at radius 3 is 2.56 bits per heavy atom. The van der Waals surface area contributed by atoms with Crippen LogP contribution in [0.3, 0.4) is 0 Å². The van der Waals surface area contributed by atoms with Gasteiger partial charge in [-0.15, -0.1) is 11.3 Å². The van der Waals surface area contributed by atoms with Crippen molar-refractivity contribution in [1.82, 2.24) is 15.1 Å². The van der Waals surface area contributed by atoms with Crippen molar-refractivity contribution in [3.63, 3.8) is 0 Å². The van der Waals surface area contributed by atoms with E-state index in [1.165, 1.54) is 16.0 Å². The molecular formula is C23H25F3N4O2S2. The number of nitrogens with zero attached hydrogens (tertiary/aromatic N) is 2. The quantitative estimate of drug-likeness (QED) is 0.227. The number of carbonyl (C=O) groups excluding carboxylic acids is 1. The number of aromatic nitrogens is 2. The van der Waals surface area contributed by atoms with Gasteiger partial charge in [0.05, 0.1) is 6.61 Å². The third kappa shape index (κ3) is 6.15. The normalized spacial score (nSPS) is 11.4. The topological polar surface area (TPSA) is 68.2 Å². The summed E-state index contributed by atoms with van der Waals surface area (Å²) in [5.41, 5.74) is 1.66. The molecule has 6 nitrogen and oxygen atoms in total. The van der Waals surface area contributed by atoms with Gasteiger partial charge in [-0.3, -0.25) is 4.68 Å². The fourth-order valence-electron chi connectivity index (χ4n) is 3.44. The summed E-state index contributed by atoms with van der Waals surface area (Å²) in [5, 5.41) is 10.6. The molecule has 182 valence electrons. The summed E-state index contributed by atoms with van der Waals surface area (Å²) in [4.78, 5) is 13.7. The van der Waals surface area contributed by atoms with Gasteiger partial charge in [0.1, 0.15) is 10.6 Å². The first-order valence-corrected chi connectivity index (χ1v) is 11.9. The summed E-state index contributed by atoms with van der Waals surface area (Å²) in [5.74, 6) is -0.439. The van der Waals surface area contributed by atoms with Gasteiger partial charge in [-0.05, 0) is 51.0 Å². The van der Waals surface area contributed by atoms with E-state index >= 15 is 0 Å². The molecule has 0 unspecified atom stereocenters. The van der Waals surface area contributed by atoms with Crippen molar-refractivity contribution in [2.75, 3.05) is 18.5 Å². The van der Waals surface area contributed by atoms with E-state index in [0.29, 0.717) is 40.9 Å². The van der Waals surface area contributed by atoms with E-state index in [0.717, 1.165) is 22.1 Å². The maximum Gasteiger partial charge on any atom is 0.435 e. The zero-order valence-corrected chi connectivity index (χ0v) is 20.6. The van der Waals surface area contributed by atoms with Crippen LogP contribution in [0.4, 0.5) is 18.2 Å². The van der Waals surface area contributed by atoms with Crippen LogP contribution < -0.4 is 10.6 Å². The molecule has 0 bridgehead atoms. The Kier molecular flexibility index (Phi) is 8.32. The average Bonchev–Trinajstić information content (AvgIpc) is 3.31. The second-order valence-electron chi connectivity index (χ2n) is 7.45. The molecule has 0 amide bonds. The van der Waals surface area contributed by atoms with Crippen molar-refractivity contribution in [2.45, 2.75) is 39.9 Å². The molecule has 0 saturated heterocycles. The molecule has 3 rings (SSSR count). The Morgan fingerprint density at radius 2 is 1.94 bits per heavy atom. The van der Waals surface area contributed by atoms with Crippen LogP contribution in [0.2, 0.25) is 0 Å². The number of nitrogens with one attached hydrogen (secondary N) is 2. The molecule has 3 aromatic rings. The Bertz CT molecular complexity index is 1160. The Balaban J connectivity index is 1.66. The monoisotopic (exact) mass is 510 g/mol. The highest BCUT2D eigenvalue weighted by molar-refractivity contribution is 7.80. The van der Waals surface area contributed by atoms with Crippen LogP contribution in [0.15, 0.2) is 36.4 Å². The summed E-state index contributed by atoms with van der Waals surface area (Å²) >= 11 is 6.79. The maximum absolute atomic E-state index is 12.8. The average molecular weight is 511 g/mol. The highest BCUT2D eigenvalue weighted by atomic mass is 32.1. The number of esters is 1. The number of thiophene rings is 1. The van der Waals surface area contributed by atoms with E-state index in [9.17, 15) is 18.0 Å². The zero-order valence-electron chi connectivity index (χ0n) is 19.0. The van der Waals surface area contributed by atoms with Gasteiger partial charge in [0, 0.05) is 29.2 Å². The van der Waals surface area contributed by atoms with E-state index in [1.54, 1.807) is 13.8 Å². The van der Waals surface area contributed by atoms with Crippen molar-refractivity contribution in [3.05, 3.63) is 58.2 Å². The fourth-order valence-corrected chi connectivity index (χ4v) is 4.77. The molecule has 1 aromatic carbocycles. The maximum atomic E-state index is 12.8. The minimum absolute atomic E-state index is 0.243. The molecule has 2 aromatic heterocycles. The lowest BCUT2D eigenvalue weighted by Gasteiger charge is -2.12. The first kappa shape index (κ1) is 25.7. The van der Waals surface area contributed by atoms with E-state index in [1.807, 2.05) is 37.3 Å². The Morgan fingerprint density at radius 1 is 1.24 bits per heavy atom. The summed E-state index contributed by atoms with van der Waals surface area (Å²) in [7, 11) is 0. The van der Waals surface area contributed by atoms with Crippen molar-refractivity contribution >= 4 is 39.6 Å². The van der Waals surface area contributed by atoms with E-state index in [4.69, 9.17) is 17.0 Å². The first-order chi connectivity index (χ1) is 16.1. The van der Waals surface area contributed by atoms with Gasteiger partial charge in [-0.1, -0.05) is 30.3 Å². The van der Waals surface area contributed by atoms with Crippen LogP contribution >= 0.6 is 23.6 Å². The summed E-state index contributed by atoms with van der Waals surface area (Å²) in [6, 6.07) is 10.6. The van der Waals surface area contributed by atoms with Crippen LogP contribution in [0, 0.1) is 13.8 Å². The molecule has 0 aliphatic heterocycles. The lowest BCUT2D eigenvalue weighted by Crippen LogP contribution is -2.30. The minimum Gasteiger partial charge on any atom is -0.462 e. The standard InChI is InChI=1S/C23H25F3N4O2S2/c1-4-32-21(31)19-18(16-9-6-5-7-10-16)15(3)34-20(19)28-22(33)27-11-8-12-30-14(2)13-17(29-30)23(24,25)26/h5-7,9-10,13H,4,8,11-12H2,1-3H3,(H2,27,28,33). The molecular weight excluding hydrogens is 485 g/mol. The lowest BCUT2D eigenvalue weighted by molar-refractivity contribution is -0.141. The van der Waals surface area contributed by atoms with E-state index < -0.39 is 17.8 Å². The number of alkyl halides is 3. The molecule has 2 heterocycles. The molecule has 0 aliphatic rings. The second-order valence-corrected chi connectivity index (χ2v) is 9.08. The smallest absolute Gasteiger partial charge is 0.435 e. The number of carbonyl (C=O) groups is 1. The predicted octanol–water partition coefficient (Wildman–Crippen LogP) is 5.80. The molecule has 0 atom stereocenters. The number of hydrogen-bond donors (Lipinski definition) is 2. The van der Waals surface area contributed by atoms with Crippen molar-refractivity contribution < 1.29 is 22.7 Å². The Hall–Kier alpha value is -2.92. The number of benzene rings is 1. The van der Waals surface area contributed by atoms with Gasteiger partial charge >= 0.3 is 12.1 Å². The van der Waals surface area contributed by atoms with E-state index in [-0.39, 0.29) is 6.61 Å². The molecule has 0 radical (unpaired) electrons. The van der Waals surface area contributed by atoms with Gasteiger partial charge in [0.2, 0.25) is 0 Å². The van der Waals surface area contributed by atoms with Crippen molar-refractivity contribution in [1.29, 1.82) is 0 Å². The van der Waals surface area contributed by atoms with Gasteiger partial charge in [0.15, 0.2) is 10.8 Å². The zero-order chi connectivity index (χ0) is 24.9. The van der Waals surface area contributed by atoms with Crippen molar-refractivity contribution in [3.8, 4) is 11.1 Å². The molecule has 2 N–H and O–H groups in total. The van der Waals surface area contributed by atoms with Crippen molar-refractivity contribution in [2.24, 2.45) is 0 Å². The minimum atomic E-state index is -4.46. The molecule has 0 aliphatic carbocycles. The highest BCUT2D eigenvalue weighted by Crippen LogP contribution is 2.40. The van der Waals surface area contributed by atoms with Crippen LogP contribution in [-0.2, 0) is 17.5 Å². The van der Waals surface area contributed by atoms with Crippen LogP contribution in [0.1, 0.15) is 40.0 Å². The van der Waals surface area contributed by atoms with Gasteiger partial charge in [-0.25, -0.2) is 4.79 Å². The number of thiocarbonyl (C=S) groups is 1. The first-order valence-electron chi connectivity index (χ1n) is 10.6. The van der Waals surface area contributed by atoms with Crippen LogP contribution in [-0.4, -0.2) is 34.0 Å². The molecule has 0 saturated carbocycles. The van der Waals surface area contributed by atoms with Gasteiger partial charge in [-0.2, -0.15) is 18.3 Å². The van der Waals surface area contributed by atoms with Crippen LogP contribution in [0.5, 0.6) is 0 Å². The number of ether oxygens (including phenoxy) is 1. The van der Waals surface area contributed by atoms with Gasteiger partial charge in [0.25, 0.3) is 0 Å². The van der Waals surface area contributed by atoms with Gasteiger partial charge < -0.3 is 15.4 Å². The number of anilines is 1. The number of hydrogen-bond acceptors (Lipinski definition) is 5. The largest absolute Gasteiger partial charge is 0.462 e. The Labute approximate surface area is 205 Å². The highest BCUT2D eigenvalue weighted by Gasteiger charge is 2.34. The number of halogens is 3. The van der Waals surface area contributed by atoms with E-state index in [2.05, 4.69) is 15.7 Å². The third-order valence-corrected chi connectivity index (χ3v) is 6.22. The summed E-state index contributed by atoms with van der Waals surface area (Å²) in [6.45, 7) is 6.23. The lowest BCUT2D eigenvalue weighted by atomic mass is 10.0. The SMILES string of the molecule is CCOC(=O)c1c(NC(=S)NCCCn2nc(C(F)(F)F)cc2C)sc(C)c1-c1ccccc1.